The van der Waals surface area contributed by atoms with Crippen molar-refractivity contribution in [1.82, 2.24) is 4.90 Å². The first-order valence-corrected chi connectivity index (χ1v) is 8.66. The average molecular weight is 430 g/mol. The Balaban J connectivity index is 0.00000392. The molecule has 0 aliphatic carbocycles. The van der Waals surface area contributed by atoms with Gasteiger partial charge in [-0.3, -0.25) is 0 Å². The highest BCUT2D eigenvalue weighted by molar-refractivity contribution is 6.33. The molecule has 0 bridgehead atoms. The van der Waals surface area contributed by atoms with Gasteiger partial charge >= 0.3 is 6.18 Å². The molecule has 2 rings (SSSR count). The number of rotatable bonds is 5. The summed E-state index contributed by atoms with van der Waals surface area (Å²) in [6.07, 6.45) is -2.82. The predicted molar refractivity (Wildman–Crippen MR) is 109 cm³/mol. The smallest absolute Gasteiger partial charge is 0.366 e. The Morgan fingerprint density at radius 3 is 2.54 bits per heavy atom. The van der Waals surface area contributed by atoms with Crippen LogP contribution in [-0.4, -0.2) is 24.8 Å². The molecule has 150 valence electrons. The summed E-state index contributed by atoms with van der Waals surface area (Å²) in [5, 5.41) is 9.95. The van der Waals surface area contributed by atoms with E-state index < -0.39 is 17.7 Å². The predicted octanol–water partition coefficient (Wildman–Crippen LogP) is 6.36. The van der Waals surface area contributed by atoms with E-state index >= 15 is 0 Å². The van der Waals surface area contributed by atoms with Crippen molar-refractivity contribution in [2.24, 2.45) is 4.99 Å². The maximum Gasteiger partial charge on any atom is 0.416 e. The zero-order chi connectivity index (χ0) is 20.2. The summed E-state index contributed by atoms with van der Waals surface area (Å²) in [5.74, 6) is -0.860. The fourth-order valence-corrected chi connectivity index (χ4v) is 2.77. The minimum absolute atomic E-state index is 0. The van der Waals surface area contributed by atoms with Gasteiger partial charge in [0.15, 0.2) is 0 Å². The molecule has 0 aromatic heterocycles. The number of aryl methyl sites for hydroxylation is 1. The topological polar surface area (TPSA) is 39.4 Å². The highest BCUT2D eigenvalue weighted by atomic mass is 35.5. The second-order valence-corrected chi connectivity index (χ2v) is 6.57. The summed E-state index contributed by atoms with van der Waals surface area (Å²) in [5.41, 5.74) is 1.32. The second kappa shape index (κ2) is 9.81. The Kier molecular flexibility index (Phi) is 8.34. The minimum atomic E-state index is -4.47. The van der Waals surface area contributed by atoms with E-state index in [1.807, 2.05) is 18.9 Å². The fourth-order valence-electron chi connectivity index (χ4n) is 2.55. The van der Waals surface area contributed by atoms with Gasteiger partial charge in [0.25, 0.3) is 0 Å². The van der Waals surface area contributed by atoms with Crippen molar-refractivity contribution in [2.45, 2.75) is 25.9 Å². The summed E-state index contributed by atoms with van der Waals surface area (Å²) in [4.78, 5) is 6.20. The lowest BCUT2D eigenvalue weighted by Crippen LogP contribution is -2.14. The standard InChI is InChI=1S/C20H19ClF3N3.ClH/c1-4-27(3)12-26-19-8-13(2)16(10-18(19)21)17(11-25)14-6-5-7-15(9-14)20(22,23)24;/h5-10,12,17H,4H2,1-3H3;1H. The number of nitrogens with zero attached hydrogens (tertiary/aromatic N) is 3. The molecule has 3 nitrogen and oxygen atoms in total. The van der Waals surface area contributed by atoms with Gasteiger partial charge < -0.3 is 4.90 Å². The maximum atomic E-state index is 13.0. The molecule has 0 N–H and O–H groups in total. The van der Waals surface area contributed by atoms with Crippen LogP contribution in [0.5, 0.6) is 0 Å². The summed E-state index contributed by atoms with van der Waals surface area (Å²) in [6, 6.07) is 10.2. The van der Waals surface area contributed by atoms with Crippen molar-refractivity contribution in [3.8, 4) is 6.07 Å². The summed E-state index contributed by atoms with van der Waals surface area (Å²) < 4.78 is 39.0. The SMILES string of the molecule is CCN(C)C=Nc1cc(C)c(C(C#N)c2cccc(C(F)(F)F)c2)cc1Cl.Cl. The first-order chi connectivity index (χ1) is 12.7. The summed E-state index contributed by atoms with van der Waals surface area (Å²) in [6.45, 7) is 4.55. The molecule has 1 atom stereocenters. The van der Waals surface area contributed by atoms with Gasteiger partial charge in [-0.05, 0) is 48.7 Å². The number of benzene rings is 2. The van der Waals surface area contributed by atoms with Crippen molar-refractivity contribution >= 4 is 36.0 Å². The Hall–Kier alpha value is -2.23. The first kappa shape index (κ1) is 23.8. The van der Waals surface area contributed by atoms with E-state index in [2.05, 4.69) is 11.1 Å². The molecule has 2 aromatic rings. The molecule has 28 heavy (non-hydrogen) atoms. The fraction of sp³-hybridized carbons (Fsp3) is 0.300. The van der Waals surface area contributed by atoms with Crippen LogP contribution in [0.3, 0.4) is 0 Å². The van der Waals surface area contributed by atoms with Crippen LogP contribution in [0.4, 0.5) is 18.9 Å². The van der Waals surface area contributed by atoms with Crippen molar-refractivity contribution in [2.75, 3.05) is 13.6 Å². The normalized spacial score (nSPS) is 12.4. The Labute approximate surface area is 173 Å². The first-order valence-electron chi connectivity index (χ1n) is 8.28. The van der Waals surface area contributed by atoms with Crippen LogP contribution in [-0.2, 0) is 6.18 Å². The zero-order valence-corrected chi connectivity index (χ0v) is 17.2. The number of alkyl halides is 3. The van der Waals surface area contributed by atoms with E-state index in [0.29, 0.717) is 16.3 Å². The van der Waals surface area contributed by atoms with Crippen LogP contribution in [0.25, 0.3) is 0 Å². The second-order valence-electron chi connectivity index (χ2n) is 6.16. The van der Waals surface area contributed by atoms with E-state index in [4.69, 9.17) is 11.6 Å². The highest BCUT2D eigenvalue weighted by Crippen LogP contribution is 2.36. The molecule has 0 spiro atoms. The summed E-state index contributed by atoms with van der Waals surface area (Å²) in [7, 11) is 1.87. The van der Waals surface area contributed by atoms with Gasteiger partial charge in [-0.25, -0.2) is 4.99 Å². The third-order valence-corrected chi connectivity index (χ3v) is 4.52. The lowest BCUT2D eigenvalue weighted by molar-refractivity contribution is -0.137. The van der Waals surface area contributed by atoms with Gasteiger partial charge in [-0.15, -0.1) is 12.4 Å². The molecule has 0 aliphatic heterocycles. The van der Waals surface area contributed by atoms with E-state index in [1.54, 1.807) is 25.4 Å². The molecule has 0 aliphatic rings. The van der Waals surface area contributed by atoms with Gasteiger partial charge in [0.1, 0.15) is 0 Å². The zero-order valence-electron chi connectivity index (χ0n) is 15.6. The molecule has 2 aromatic carbocycles. The van der Waals surface area contributed by atoms with E-state index in [9.17, 15) is 18.4 Å². The number of nitriles is 1. The van der Waals surface area contributed by atoms with Gasteiger partial charge in [0.05, 0.1) is 34.6 Å². The van der Waals surface area contributed by atoms with Crippen molar-refractivity contribution in [3.05, 3.63) is 63.7 Å². The highest BCUT2D eigenvalue weighted by Gasteiger charge is 2.31. The lowest BCUT2D eigenvalue weighted by Gasteiger charge is -2.16. The van der Waals surface area contributed by atoms with E-state index in [-0.39, 0.29) is 18.0 Å². The Morgan fingerprint density at radius 1 is 1.29 bits per heavy atom. The maximum absolute atomic E-state index is 13.0. The third-order valence-electron chi connectivity index (χ3n) is 4.22. The number of halogens is 5. The molecule has 0 radical (unpaired) electrons. The molecule has 0 fully saturated rings. The monoisotopic (exact) mass is 429 g/mol. The Morgan fingerprint density at radius 2 is 1.96 bits per heavy atom. The number of hydrogen-bond acceptors (Lipinski definition) is 2. The van der Waals surface area contributed by atoms with Crippen molar-refractivity contribution in [1.29, 1.82) is 5.26 Å². The van der Waals surface area contributed by atoms with Crippen molar-refractivity contribution < 1.29 is 13.2 Å². The average Bonchev–Trinajstić information content (AvgIpc) is 2.63. The van der Waals surface area contributed by atoms with E-state index in [0.717, 1.165) is 24.2 Å². The van der Waals surface area contributed by atoms with Crippen LogP contribution in [0, 0.1) is 18.3 Å². The van der Waals surface area contributed by atoms with E-state index in [1.165, 1.54) is 12.1 Å². The van der Waals surface area contributed by atoms with Crippen LogP contribution >= 0.6 is 24.0 Å². The molecule has 1 unspecified atom stereocenters. The van der Waals surface area contributed by atoms with Crippen LogP contribution < -0.4 is 0 Å². The molecule has 0 amide bonds. The van der Waals surface area contributed by atoms with Gasteiger partial charge in [0.2, 0.25) is 0 Å². The lowest BCUT2D eigenvalue weighted by atomic mass is 9.88. The van der Waals surface area contributed by atoms with Gasteiger partial charge in [0, 0.05) is 13.6 Å². The van der Waals surface area contributed by atoms with Crippen LogP contribution in [0.15, 0.2) is 41.4 Å². The van der Waals surface area contributed by atoms with Crippen LogP contribution in [0.1, 0.15) is 35.1 Å². The van der Waals surface area contributed by atoms with Crippen molar-refractivity contribution in [3.63, 3.8) is 0 Å². The molecule has 0 saturated carbocycles. The quantitative estimate of drug-likeness (QED) is 0.409. The molecular formula is C20H20Cl2F3N3. The third kappa shape index (κ3) is 5.63. The Bertz CT molecular complexity index is 889. The molecule has 0 saturated heterocycles. The van der Waals surface area contributed by atoms with Gasteiger partial charge in [-0.2, -0.15) is 18.4 Å². The van der Waals surface area contributed by atoms with Gasteiger partial charge in [-0.1, -0.05) is 29.8 Å². The largest absolute Gasteiger partial charge is 0.416 e. The number of hydrogen-bond donors (Lipinski definition) is 0. The van der Waals surface area contributed by atoms with Crippen LogP contribution in [0.2, 0.25) is 5.02 Å². The summed E-state index contributed by atoms with van der Waals surface area (Å²) >= 11 is 6.30. The minimum Gasteiger partial charge on any atom is -0.366 e. The molecule has 0 heterocycles. The molecular weight excluding hydrogens is 410 g/mol. The molecule has 8 heteroatoms. The number of aliphatic imine (C=N–C) groups is 1.